The van der Waals surface area contributed by atoms with E-state index in [1.165, 1.54) is 23.1 Å². The van der Waals surface area contributed by atoms with Crippen molar-refractivity contribution >= 4 is 0 Å². The lowest BCUT2D eigenvalue weighted by Crippen LogP contribution is -2.09. The molecule has 3 nitrogen and oxygen atoms in total. The summed E-state index contributed by atoms with van der Waals surface area (Å²) in [6.45, 7) is 2.01. The summed E-state index contributed by atoms with van der Waals surface area (Å²) < 4.78 is 10.8. The third-order valence-corrected chi connectivity index (χ3v) is 3.27. The number of ether oxygens (including phenoxy) is 2. The Hall–Kier alpha value is -1.22. The molecule has 1 atom stereocenters. The van der Waals surface area contributed by atoms with Crippen LogP contribution in [0.5, 0.6) is 11.5 Å². The van der Waals surface area contributed by atoms with Gasteiger partial charge in [0, 0.05) is 11.6 Å². The second-order valence-corrected chi connectivity index (χ2v) is 4.30. The van der Waals surface area contributed by atoms with Crippen molar-refractivity contribution in [1.29, 1.82) is 0 Å². The van der Waals surface area contributed by atoms with E-state index in [-0.39, 0.29) is 6.04 Å². The predicted molar refractivity (Wildman–Crippen MR) is 64.2 cm³/mol. The van der Waals surface area contributed by atoms with Crippen molar-refractivity contribution in [2.45, 2.75) is 32.2 Å². The van der Waals surface area contributed by atoms with Gasteiger partial charge in [-0.05, 0) is 43.4 Å². The van der Waals surface area contributed by atoms with Crippen LogP contribution in [0.4, 0.5) is 0 Å². The van der Waals surface area contributed by atoms with Gasteiger partial charge in [-0.15, -0.1) is 0 Å². The van der Waals surface area contributed by atoms with Gasteiger partial charge in [0.2, 0.25) is 0 Å². The van der Waals surface area contributed by atoms with Gasteiger partial charge in [-0.3, -0.25) is 0 Å². The van der Waals surface area contributed by atoms with E-state index in [1.807, 2.05) is 13.0 Å². The van der Waals surface area contributed by atoms with E-state index >= 15 is 0 Å². The molecule has 0 fully saturated rings. The van der Waals surface area contributed by atoms with E-state index in [1.54, 1.807) is 14.2 Å². The number of hydrogen-bond donors (Lipinski definition) is 1. The molecule has 0 radical (unpaired) electrons. The molecule has 0 saturated heterocycles. The molecule has 1 aromatic carbocycles. The molecular weight excluding hydrogens is 202 g/mol. The Bertz CT molecular complexity index is 399. The van der Waals surface area contributed by atoms with Gasteiger partial charge >= 0.3 is 0 Å². The van der Waals surface area contributed by atoms with E-state index in [4.69, 9.17) is 15.2 Å². The highest BCUT2D eigenvalue weighted by Crippen LogP contribution is 2.41. The SMILES string of the molecule is COc1cc(C(C)N)c2c(c1OC)CCC2. The molecule has 16 heavy (non-hydrogen) atoms. The monoisotopic (exact) mass is 221 g/mol. The normalized spacial score (nSPS) is 15.8. The van der Waals surface area contributed by atoms with E-state index in [9.17, 15) is 0 Å². The molecular formula is C13H19NO2. The Morgan fingerprint density at radius 3 is 2.44 bits per heavy atom. The average Bonchev–Trinajstić information content (AvgIpc) is 2.74. The molecule has 0 aromatic heterocycles. The van der Waals surface area contributed by atoms with Crippen molar-refractivity contribution in [2.24, 2.45) is 5.73 Å². The Labute approximate surface area is 96.5 Å². The quantitative estimate of drug-likeness (QED) is 0.851. The third kappa shape index (κ3) is 1.65. The molecule has 0 saturated carbocycles. The van der Waals surface area contributed by atoms with Gasteiger partial charge in [0.1, 0.15) is 0 Å². The fourth-order valence-corrected chi connectivity index (χ4v) is 2.54. The molecule has 0 bridgehead atoms. The summed E-state index contributed by atoms with van der Waals surface area (Å²) in [7, 11) is 3.37. The first kappa shape index (κ1) is 11.3. The van der Waals surface area contributed by atoms with Crippen molar-refractivity contribution in [3.8, 4) is 11.5 Å². The van der Waals surface area contributed by atoms with Crippen molar-refractivity contribution in [3.05, 3.63) is 22.8 Å². The van der Waals surface area contributed by atoms with Crippen molar-refractivity contribution < 1.29 is 9.47 Å². The molecule has 0 amide bonds. The smallest absolute Gasteiger partial charge is 0.164 e. The summed E-state index contributed by atoms with van der Waals surface area (Å²) in [6.07, 6.45) is 3.35. The zero-order chi connectivity index (χ0) is 11.7. The molecule has 1 unspecified atom stereocenters. The topological polar surface area (TPSA) is 44.5 Å². The molecule has 0 heterocycles. The first-order valence-corrected chi connectivity index (χ1v) is 5.71. The van der Waals surface area contributed by atoms with Gasteiger partial charge in [0.05, 0.1) is 14.2 Å². The summed E-state index contributed by atoms with van der Waals surface area (Å²) in [6, 6.07) is 2.07. The predicted octanol–water partition coefficient (Wildman–Crippen LogP) is 2.21. The van der Waals surface area contributed by atoms with Gasteiger partial charge in [0.25, 0.3) is 0 Å². The Balaban J connectivity index is 2.63. The van der Waals surface area contributed by atoms with Crippen LogP contribution in [0.2, 0.25) is 0 Å². The van der Waals surface area contributed by atoms with Crippen LogP contribution < -0.4 is 15.2 Å². The van der Waals surface area contributed by atoms with Crippen molar-refractivity contribution in [3.63, 3.8) is 0 Å². The van der Waals surface area contributed by atoms with Crippen LogP contribution in [0.25, 0.3) is 0 Å². The van der Waals surface area contributed by atoms with Crippen LogP contribution >= 0.6 is 0 Å². The first-order chi connectivity index (χ1) is 7.69. The second-order valence-electron chi connectivity index (χ2n) is 4.30. The van der Waals surface area contributed by atoms with Crippen LogP contribution in [0.3, 0.4) is 0 Å². The molecule has 1 aliphatic carbocycles. The van der Waals surface area contributed by atoms with E-state index in [0.717, 1.165) is 24.3 Å². The van der Waals surface area contributed by atoms with Crippen LogP contribution in [0.15, 0.2) is 6.07 Å². The highest BCUT2D eigenvalue weighted by Gasteiger charge is 2.24. The van der Waals surface area contributed by atoms with Crippen LogP contribution in [-0.2, 0) is 12.8 Å². The zero-order valence-corrected chi connectivity index (χ0v) is 10.2. The lowest BCUT2D eigenvalue weighted by Gasteiger charge is -2.18. The minimum absolute atomic E-state index is 0.0478. The fourth-order valence-electron chi connectivity index (χ4n) is 2.54. The molecule has 88 valence electrons. The van der Waals surface area contributed by atoms with Crippen LogP contribution in [0.1, 0.15) is 36.1 Å². The zero-order valence-electron chi connectivity index (χ0n) is 10.2. The van der Waals surface area contributed by atoms with E-state index < -0.39 is 0 Å². The average molecular weight is 221 g/mol. The lowest BCUT2D eigenvalue weighted by molar-refractivity contribution is 0.351. The van der Waals surface area contributed by atoms with Crippen LogP contribution in [-0.4, -0.2) is 14.2 Å². The molecule has 2 rings (SSSR count). The molecule has 1 aliphatic rings. The molecule has 0 spiro atoms. The van der Waals surface area contributed by atoms with Crippen molar-refractivity contribution in [1.82, 2.24) is 0 Å². The molecule has 1 aromatic rings. The standard InChI is InChI=1S/C13H19NO2/c1-8(14)11-7-12(15-2)13(16-3)10-6-4-5-9(10)11/h7-8H,4-6,14H2,1-3H3. The number of nitrogens with two attached hydrogens (primary N) is 1. The Morgan fingerprint density at radius 1 is 1.19 bits per heavy atom. The van der Waals surface area contributed by atoms with Gasteiger partial charge in [-0.25, -0.2) is 0 Å². The summed E-state index contributed by atoms with van der Waals surface area (Å²) in [5.41, 5.74) is 9.86. The number of benzene rings is 1. The van der Waals surface area contributed by atoms with E-state index in [0.29, 0.717) is 0 Å². The Kier molecular flexibility index (Phi) is 3.06. The third-order valence-electron chi connectivity index (χ3n) is 3.27. The molecule has 0 aliphatic heterocycles. The summed E-state index contributed by atoms with van der Waals surface area (Å²) in [4.78, 5) is 0. The molecule has 3 heteroatoms. The van der Waals surface area contributed by atoms with Gasteiger partial charge in [-0.2, -0.15) is 0 Å². The fraction of sp³-hybridized carbons (Fsp3) is 0.538. The first-order valence-electron chi connectivity index (χ1n) is 5.71. The van der Waals surface area contributed by atoms with Gasteiger partial charge < -0.3 is 15.2 Å². The van der Waals surface area contributed by atoms with E-state index in [2.05, 4.69) is 0 Å². The molecule has 2 N–H and O–H groups in total. The number of rotatable bonds is 3. The number of methoxy groups -OCH3 is 2. The number of hydrogen-bond acceptors (Lipinski definition) is 3. The summed E-state index contributed by atoms with van der Waals surface area (Å²) in [5.74, 6) is 1.69. The second kappa shape index (κ2) is 4.34. The minimum atomic E-state index is 0.0478. The van der Waals surface area contributed by atoms with Gasteiger partial charge in [-0.1, -0.05) is 0 Å². The lowest BCUT2D eigenvalue weighted by atomic mass is 9.97. The van der Waals surface area contributed by atoms with Gasteiger partial charge in [0.15, 0.2) is 11.5 Å². The highest BCUT2D eigenvalue weighted by atomic mass is 16.5. The largest absolute Gasteiger partial charge is 0.493 e. The highest BCUT2D eigenvalue weighted by molar-refractivity contribution is 5.57. The maximum absolute atomic E-state index is 6.01. The number of fused-ring (bicyclic) bond motifs is 1. The van der Waals surface area contributed by atoms with Crippen LogP contribution in [0, 0.1) is 0 Å². The minimum Gasteiger partial charge on any atom is -0.493 e. The summed E-state index contributed by atoms with van der Waals surface area (Å²) in [5, 5.41) is 0. The Morgan fingerprint density at radius 2 is 1.88 bits per heavy atom. The maximum atomic E-state index is 6.01. The summed E-state index contributed by atoms with van der Waals surface area (Å²) >= 11 is 0. The van der Waals surface area contributed by atoms with Crippen molar-refractivity contribution in [2.75, 3.05) is 14.2 Å². The maximum Gasteiger partial charge on any atom is 0.164 e.